The molecule has 6 unspecified atom stereocenters. The van der Waals surface area contributed by atoms with Crippen molar-refractivity contribution >= 4 is 23.2 Å². The van der Waals surface area contributed by atoms with Gasteiger partial charge >= 0.3 is 0 Å². The third-order valence-electron chi connectivity index (χ3n) is 6.79. The zero-order valence-electron chi connectivity index (χ0n) is 15.5. The summed E-state index contributed by atoms with van der Waals surface area (Å²) in [6.07, 6.45) is -3.56. The Labute approximate surface area is 165 Å². The minimum absolute atomic E-state index is 0.108. The van der Waals surface area contributed by atoms with Gasteiger partial charge in [0.2, 0.25) is 11.7 Å². The van der Waals surface area contributed by atoms with Gasteiger partial charge in [0, 0.05) is 23.8 Å². The molecular formula is C20H21NO8. The van der Waals surface area contributed by atoms with Gasteiger partial charge in [0.15, 0.2) is 11.4 Å². The molecule has 0 saturated heterocycles. The van der Waals surface area contributed by atoms with E-state index in [9.17, 15) is 39.9 Å². The number of phenols is 1. The summed E-state index contributed by atoms with van der Waals surface area (Å²) in [4.78, 5) is 38.4. The average Bonchev–Trinajstić information content (AvgIpc) is 2.64. The number of nitrogens with two attached hydrogens (primary N) is 1. The van der Waals surface area contributed by atoms with Crippen molar-refractivity contribution in [3.63, 3.8) is 0 Å². The van der Waals surface area contributed by atoms with Crippen LogP contribution in [-0.2, 0) is 19.8 Å². The van der Waals surface area contributed by atoms with Gasteiger partial charge < -0.3 is 31.3 Å². The van der Waals surface area contributed by atoms with Gasteiger partial charge in [0.25, 0.3) is 0 Å². The fourth-order valence-corrected chi connectivity index (χ4v) is 5.25. The molecule has 7 N–H and O–H groups in total. The van der Waals surface area contributed by atoms with Crippen LogP contribution in [0.15, 0.2) is 23.8 Å². The van der Waals surface area contributed by atoms with Crippen molar-refractivity contribution in [2.24, 2.45) is 17.6 Å². The first-order valence-electron chi connectivity index (χ1n) is 9.19. The number of aliphatic hydroxyl groups is 4. The van der Waals surface area contributed by atoms with Crippen LogP contribution in [0.5, 0.6) is 5.75 Å². The molecule has 2 fully saturated rings. The smallest absolute Gasteiger partial charge is 0.228 e. The molecule has 0 bridgehead atoms. The maximum atomic E-state index is 13.3. The second-order valence-electron chi connectivity index (χ2n) is 8.22. The molecule has 0 radical (unpaired) electrons. The van der Waals surface area contributed by atoms with E-state index in [1.54, 1.807) is 0 Å². The van der Waals surface area contributed by atoms with Gasteiger partial charge in [-0.3, -0.25) is 14.4 Å². The van der Waals surface area contributed by atoms with Crippen LogP contribution >= 0.6 is 0 Å². The van der Waals surface area contributed by atoms with Crippen LogP contribution in [0.3, 0.4) is 0 Å². The maximum Gasteiger partial charge on any atom is 0.228 e. The Hall–Kier alpha value is -2.75. The molecular weight excluding hydrogens is 382 g/mol. The van der Waals surface area contributed by atoms with Crippen molar-refractivity contribution in [1.82, 2.24) is 0 Å². The summed E-state index contributed by atoms with van der Waals surface area (Å²) in [6.45, 7) is 1.37. The summed E-state index contributed by atoms with van der Waals surface area (Å²) < 4.78 is 0. The summed E-state index contributed by atoms with van der Waals surface area (Å²) in [6, 6.07) is 4.10. The molecule has 0 aromatic heterocycles. The van der Waals surface area contributed by atoms with E-state index in [2.05, 4.69) is 0 Å². The molecule has 0 spiro atoms. The average molecular weight is 403 g/mol. The lowest BCUT2D eigenvalue weighted by atomic mass is 9.50. The van der Waals surface area contributed by atoms with Crippen LogP contribution in [0.4, 0.5) is 0 Å². The fraction of sp³-hybridized carbons (Fsp3) is 0.450. The summed E-state index contributed by atoms with van der Waals surface area (Å²) in [5, 5.41) is 53.2. The Morgan fingerprint density at radius 2 is 1.86 bits per heavy atom. The van der Waals surface area contributed by atoms with Gasteiger partial charge in [0.05, 0.1) is 23.2 Å². The largest absolute Gasteiger partial charge is 0.507 e. The summed E-state index contributed by atoms with van der Waals surface area (Å²) >= 11 is 0. The summed E-state index contributed by atoms with van der Waals surface area (Å²) in [5.74, 6) is -6.99. The number of aromatic hydroxyl groups is 1. The summed E-state index contributed by atoms with van der Waals surface area (Å²) in [5.41, 5.74) is 0.623. The Morgan fingerprint density at radius 1 is 1.21 bits per heavy atom. The van der Waals surface area contributed by atoms with Crippen molar-refractivity contribution in [2.75, 3.05) is 0 Å². The predicted octanol–water partition coefficient (Wildman–Crippen LogP) is -0.951. The Kier molecular flexibility index (Phi) is 3.97. The first kappa shape index (κ1) is 19.6. The lowest BCUT2D eigenvalue weighted by molar-refractivity contribution is -0.181. The van der Waals surface area contributed by atoms with Gasteiger partial charge in [-0.1, -0.05) is 12.1 Å². The highest BCUT2D eigenvalue weighted by molar-refractivity contribution is 6.22. The SMILES string of the molecule is CC1(C(N)=O)c2cccc(O)c2C(O)=C2C(=O)C3(O)C(=O)CC(O)CC3C(O)C21. The van der Waals surface area contributed by atoms with Crippen LogP contribution in [0, 0.1) is 11.8 Å². The number of hydrogen-bond acceptors (Lipinski definition) is 8. The molecule has 1 amide bonds. The zero-order valence-corrected chi connectivity index (χ0v) is 15.5. The number of benzene rings is 1. The molecule has 0 heterocycles. The van der Waals surface area contributed by atoms with E-state index in [1.807, 2.05) is 0 Å². The Morgan fingerprint density at radius 3 is 2.48 bits per heavy atom. The Bertz CT molecular complexity index is 1000. The van der Waals surface area contributed by atoms with Crippen LogP contribution in [0.25, 0.3) is 5.76 Å². The highest BCUT2D eigenvalue weighted by Crippen LogP contribution is 2.56. The second kappa shape index (κ2) is 5.88. The number of rotatable bonds is 1. The number of aliphatic hydroxyl groups excluding tert-OH is 3. The van der Waals surface area contributed by atoms with Gasteiger partial charge in [-0.15, -0.1) is 0 Å². The summed E-state index contributed by atoms with van der Waals surface area (Å²) in [7, 11) is 0. The molecule has 9 nitrogen and oxygen atoms in total. The number of phenolic OH excluding ortho intramolecular Hbond substituents is 1. The number of amides is 1. The van der Waals surface area contributed by atoms with Gasteiger partial charge in [-0.2, -0.15) is 0 Å². The van der Waals surface area contributed by atoms with Crippen LogP contribution < -0.4 is 5.73 Å². The van der Waals surface area contributed by atoms with Crippen molar-refractivity contribution < 1.29 is 39.9 Å². The normalized spacial score (nSPS) is 38.9. The highest BCUT2D eigenvalue weighted by Gasteiger charge is 2.68. The molecule has 3 aliphatic carbocycles. The highest BCUT2D eigenvalue weighted by atomic mass is 16.3. The van der Waals surface area contributed by atoms with Crippen LogP contribution in [-0.4, -0.2) is 60.8 Å². The molecule has 1 aromatic rings. The molecule has 1 aromatic carbocycles. The second-order valence-corrected chi connectivity index (χ2v) is 8.22. The van der Waals surface area contributed by atoms with E-state index in [1.165, 1.54) is 25.1 Å². The van der Waals surface area contributed by atoms with Crippen molar-refractivity contribution in [3.8, 4) is 5.75 Å². The fourth-order valence-electron chi connectivity index (χ4n) is 5.25. The number of ketones is 2. The first-order chi connectivity index (χ1) is 13.5. The van der Waals surface area contributed by atoms with Gasteiger partial charge in [0.1, 0.15) is 11.5 Å². The lowest BCUT2D eigenvalue weighted by Gasteiger charge is -2.53. The standard InChI is InChI=1S/C20H21NO8/c1-19(18(21)28)8-3-2-4-10(23)12(8)16(26)13-14(19)15(25)9-5-7(22)6-11(24)20(9,29)17(13)27/h2-4,7,9,14-15,22-23,25-26,29H,5-6H2,1H3,(H2,21,28). The van der Waals surface area contributed by atoms with E-state index in [4.69, 9.17) is 5.73 Å². The minimum Gasteiger partial charge on any atom is -0.507 e. The molecule has 29 heavy (non-hydrogen) atoms. The van der Waals surface area contributed by atoms with Gasteiger partial charge in [-0.05, 0) is 25.0 Å². The van der Waals surface area contributed by atoms with Crippen molar-refractivity contribution in [2.45, 2.75) is 43.0 Å². The number of Topliss-reactive ketones (excluding diaryl/α,β-unsaturated/α-hetero) is 2. The van der Waals surface area contributed by atoms with E-state index in [0.717, 1.165) is 0 Å². The first-order valence-corrected chi connectivity index (χ1v) is 9.19. The number of carbonyl (C=O) groups is 3. The van der Waals surface area contributed by atoms with E-state index >= 15 is 0 Å². The predicted molar refractivity (Wildman–Crippen MR) is 97.4 cm³/mol. The van der Waals surface area contributed by atoms with E-state index < -0.39 is 76.0 Å². The third-order valence-corrected chi connectivity index (χ3v) is 6.79. The number of hydrogen-bond donors (Lipinski definition) is 6. The molecule has 9 heteroatoms. The number of fused-ring (bicyclic) bond motifs is 3. The number of carbonyl (C=O) groups excluding carboxylic acids is 3. The molecule has 6 atom stereocenters. The Balaban J connectivity index is 2.07. The van der Waals surface area contributed by atoms with Crippen LogP contribution in [0.2, 0.25) is 0 Å². The van der Waals surface area contributed by atoms with E-state index in [0.29, 0.717) is 0 Å². The van der Waals surface area contributed by atoms with Crippen LogP contribution in [0.1, 0.15) is 30.9 Å². The molecule has 154 valence electrons. The minimum atomic E-state index is -2.65. The lowest BCUT2D eigenvalue weighted by Crippen LogP contribution is -2.69. The van der Waals surface area contributed by atoms with E-state index in [-0.39, 0.29) is 17.5 Å². The third kappa shape index (κ3) is 2.17. The van der Waals surface area contributed by atoms with Crippen molar-refractivity contribution in [1.29, 1.82) is 0 Å². The maximum absolute atomic E-state index is 13.3. The molecule has 4 rings (SSSR count). The zero-order chi connectivity index (χ0) is 21.5. The molecule has 3 aliphatic rings. The molecule has 2 saturated carbocycles. The quantitative estimate of drug-likeness (QED) is 0.325. The van der Waals surface area contributed by atoms with Crippen molar-refractivity contribution in [3.05, 3.63) is 34.9 Å². The topological polar surface area (TPSA) is 178 Å². The monoisotopic (exact) mass is 403 g/mol. The molecule has 0 aliphatic heterocycles. The van der Waals surface area contributed by atoms with Gasteiger partial charge in [-0.25, -0.2) is 0 Å². The number of primary amides is 1.